The van der Waals surface area contributed by atoms with Gasteiger partial charge in [-0.3, -0.25) is 9.59 Å². The number of hydrogen-bond donors (Lipinski definition) is 0. The minimum absolute atomic E-state index is 0.100. The van der Waals surface area contributed by atoms with Crippen molar-refractivity contribution in [3.8, 4) is 0 Å². The molecule has 0 aliphatic rings. The summed E-state index contributed by atoms with van der Waals surface area (Å²) < 4.78 is 13.7. The number of nitrogens with zero attached hydrogens (tertiary/aromatic N) is 1. The molecule has 0 aliphatic heterocycles. The second-order valence-electron chi connectivity index (χ2n) is 12.7. The molecule has 2 atom stereocenters. The van der Waals surface area contributed by atoms with E-state index in [9.17, 15) is 9.59 Å². The Kier molecular flexibility index (Phi) is 9.91. The van der Waals surface area contributed by atoms with Crippen LogP contribution in [0.4, 0.5) is 0 Å². The molecule has 0 radical (unpaired) electrons. The summed E-state index contributed by atoms with van der Waals surface area (Å²) in [6.45, 7) is 18.9. The van der Waals surface area contributed by atoms with Gasteiger partial charge in [-0.2, -0.15) is 0 Å². The molecular formula is C30H47NO4Si2. The van der Waals surface area contributed by atoms with Crippen LogP contribution in [-0.4, -0.2) is 60.0 Å². The average Bonchev–Trinajstić information content (AvgIpc) is 2.80. The summed E-state index contributed by atoms with van der Waals surface area (Å²) in [6.07, 6.45) is -0.867. The Bertz CT molecular complexity index is 1000. The van der Waals surface area contributed by atoms with Gasteiger partial charge in [0.2, 0.25) is 5.91 Å². The van der Waals surface area contributed by atoms with E-state index in [-0.39, 0.29) is 28.4 Å². The fourth-order valence-electron chi connectivity index (χ4n) is 4.54. The molecule has 0 saturated heterocycles. The minimum Gasteiger partial charge on any atom is -0.406 e. The Balaban J connectivity index is 2.66. The third-order valence-corrected chi connectivity index (χ3v) is 17.1. The van der Waals surface area contributed by atoms with Crippen molar-refractivity contribution in [3.05, 3.63) is 60.7 Å². The number of amides is 1. The van der Waals surface area contributed by atoms with Crippen molar-refractivity contribution in [2.45, 2.75) is 77.7 Å². The van der Waals surface area contributed by atoms with Gasteiger partial charge in [-0.15, -0.1) is 0 Å². The smallest absolute Gasteiger partial charge is 0.261 e. The molecule has 204 valence electrons. The first kappa shape index (κ1) is 31.2. The van der Waals surface area contributed by atoms with E-state index >= 15 is 0 Å². The van der Waals surface area contributed by atoms with Crippen LogP contribution in [0.5, 0.6) is 0 Å². The summed E-state index contributed by atoms with van der Waals surface area (Å²) in [7, 11) is -1.80. The maximum Gasteiger partial charge on any atom is 0.261 e. The first-order valence-electron chi connectivity index (χ1n) is 13.1. The number of hydrogen-bond acceptors (Lipinski definition) is 4. The van der Waals surface area contributed by atoms with Crippen LogP contribution in [0.1, 0.15) is 48.5 Å². The molecule has 0 unspecified atom stereocenters. The molecule has 5 nitrogen and oxygen atoms in total. The lowest BCUT2D eigenvalue weighted by atomic mass is 9.99. The van der Waals surface area contributed by atoms with Crippen molar-refractivity contribution in [2.75, 3.05) is 20.7 Å². The zero-order valence-corrected chi connectivity index (χ0v) is 26.7. The van der Waals surface area contributed by atoms with Gasteiger partial charge in [-0.1, -0.05) is 102 Å². The number of rotatable bonds is 10. The highest BCUT2D eigenvalue weighted by molar-refractivity contribution is 6.99. The van der Waals surface area contributed by atoms with Crippen LogP contribution in [0.25, 0.3) is 0 Å². The van der Waals surface area contributed by atoms with Gasteiger partial charge < -0.3 is 13.8 Å². The van der Waals surface area contributed by atoms with E-state index in [1.807, 2.05) is 36.4 Å². The van der Waals surface area contributed by atoms with Crippen molar-refractivity contribution >= 4 is 38.7 Å². The Morgan fingerprint density at radius 3 is 1.57 bits per heavy atom. The van der Waals surface area contributed by atoms with Crippen LogP contribution in [0.2, 0.25) is 23.2 Å². The van der Waals surface area contributed by atoms with Crippen LogP contribution < -0.4 is 10.4 Å². The summed E-state index contributed by atoms with van der Waals surface area (Å²) in [5.41, 5.74) is 0. The van der Waals surface area contributed by atoms with Crippen molar-refractivity contribution < 1.29 is 18.4 Å². The Hall–Kier alpha value is -2.07. The van der Waals surface area contributed by atoms with Crippen molar-refractivity contribution in [1.82, 2.24) is 4.90 Å². The molecule has 0 fully saturated rings. The molecule has 37 heavy (non-hydrogen) atoms. The highest BCUT2D eigenvalue weighted by Gasteiger charge is 2.52. The first-order chi connectivity index (χ1) is 17.0. The van der Waals surface area contributed by atoms with Crippen LogP contribution >= 0.6 is 0 Å². The first-order valence-corrected chi connectivity index (χ1v) is 17.9. The van der Waals surface area contributed by atoms with Crippen molar-refractivity contribution in [1.29, 1.82) is 0 Å². The summed E-state index contributed by atoms with van der Waals surface area (Å²) in [6, 6.07) is 20.7. The highest BCUT2D eigenvalue weighted by Crippen LogP contribution is 2.40. The number of benzene rings is 2. The molecule has 1 amide bonds. The van der Waals surface area contributed by atoms with Gasteiger partial charge in [0.25, 0.3) is 8.32 Å². The number of Topliss-reactive ketones (excluding diaryl/α,β-unsaturated/α-hetero) is 1. The SMILES string of the molecule is CC(=O)[C@@H](O[Si](C)(C)C(C)(C)C)[C@H](CO[Si](c1ccccc1)(c1ccccc1)C(C)(C)C)C(=O)N(C)C. The quantitative estimate of drug-likeness (QED) is 0.386. The summed E-state index contributed by atoms with van der Waals surface area (Å²) in [5.74, 6) is -1.05. The zero-order valence-electron chi connectivity index (χ0n) is 24.7. The fourth-order valence-corrected chi connectivity index (χ4v) is 10.4. The van der Waals surface area contributed by atoms with Crippen LogP contribution in [0.15, 0.2) is 60.7 Å². The lowest BCUT2D eigenvalue weighted by Gasteiger charge is -2.45. The van der Waals surface area contributed by atoms with Gasteiger partial charge in [0.1, 0.15) is 6.10 Å². The maximum atomic E-state index is 13.6. The topological polar surface area (TPSA) is 55.8 Å². The third-order valence-electron chi connectivity index (χ3n) is 7.65. The Labute approximate surface area is 226 Å². The molecule has 2 aromatic carbocycles. The molecular weight excluding hydrogens is 495 g/mol. The molecule has 2 rings (SSSR count). The van der Waals surface area contributed by atoms with Crippen LogP contribution in [0, 0.1) is 5.92 Å². The number of carbonyl (C=O) groups is 2. The van der Waals surface area contributed by atoms with Gasteiger partial charge in [0, 0.05) is 20.7 Å². The lowest BCUT2D eigenvalue weighted by Crippen LogP contribution is -2.67. The third kappa shape index (κ3) is 6.88. The predicted octanol–water partition coefficient (Wildman–Crippen LogP) is 5.25. The van der Waals surface area contributed by atoms with Crippen LogP contribution in [-0.2, 0) is 18.4 Å². The molecule has 7 heteroatoms. The van der Waals surface area contributed by atoms with E-state index in [0.29, 0.717) is 0 Å². The summed E-state index contributed by atoms with van der Waals surface area (Å²) in [5, 5.41) is 1.92. The molecule has 0 N–H and O–H groups in total. The van der Waals surface area contributed by atoms with Gasteiger partial charge in [0.15, 0.2) is 14.1 Å². The van der Waals surface area contributed by atoms with E-state index < -0.39 is 28.7 Å². The van der Waals surface area contributed by atoms with Crippen molar-refractivity contribution in [3.63, 3.8) is 0 Å². The molecule has 0 aromatic heterocycles. The summed E-state index contributed by atoms with van der Waals surface area (Å²) in [4.78, 5) is 28.2. The normalized spacial score (nSPS) is 14.7. The lowest BCUT2D eigenvalue weighted by molar-refractivity contribution is -0.143. The van der Waals surface area contributed by atoms with E-state index in [1.165, 1.54) is 6.92 Å². The van der Waals surface area contributed by atoms with Gasteiger partial charge in [0.05, 0.1) is 5.92 Å². The Morgan fingerprint density at radius 2 is 1.24 bits per heavy atom. The standard InChI is InChI=1S/C30H47NO4Si2/c1-23(32)27(35-36(10,11)29(2,3)4)26(28(33)31(8)9)22-34-37(30(5,6)7,24-18-14-12-15-19-24)25-20-16-13-17-21-25/h12-21,26-27H,22H2,1-11H3/t26-,27+/m0/s1. The largest absolute Gasteiger partial charge is 0.406 e. The molecule has 0 heterocycles. The Morgan fingerprint density at radius 1 is 0.811 bits per heavy atom. The zero-order chi connectivity index (χ0) is 28.2. The average molecular weight is 542 g/mol. The molecule has 0 saturated carbocycles. The molecule has 0 spiro atoms. The van der Waals surface area contributed by atoms with E-state index in [2.05, 4.69) is 78.9 Å². The van der Waals surface area contributed by atoms with Gasteiger partial charge >= 0.3 is 0 Å². The molecule has 0 bridgehead atoms. The predicted molar refractivity (Wildman–Crippen MR) is 159 cm³/mol. The molecule has 2 aromatic rings. The van der Waals surface area contributed by atoms with E-state index in [0.717, 1.165) is 10.4 Å². The van der Waals surface area contributed by atoms with Gasteiger partial charge in [-0.25, -0.2) is 0 Å². The maximum absolute atomic E-state index is 13.6. The second kappa shape index (κ2) is 11.8. The monoisotopic (exact) mass is 541 g/mol. The van der Waals surface area contributed by atoms with E-state index in [1.54, 1.807) is 19.0 Å². The number of carbonyl (C=O) groups excluding carboxylic acids is 2. The van der Waals surface area contributed by atoms with Crippen molar-refractivity contribution in [2.24, 2.45) is 5.92 Å². The minimum atomic E-state index is -2.89. The fraction of sp³-hybridized carbons (Fsp3) is 0.533. The highest BCUT2D eigenvalue weighted by atomic mass is 28.4. The molecule has 0 aliphatic carbocycles. The summed E-state index contributed by atoms with van der Waals surface area (Å²) >= 11 is 0. The van der Waals surface area contributed by atoms with Crippen LogP contribution in [0.3, 0.4) is 0 Å². The van der Waals surface area contributed by atoms with Gasteiger partial charge in [-0.05, 0) is 40.5 Å². The number of ketones is 1. The second-order valence-corrected chi connectivity index (χ2v) is 21.8. The van der Waals surface area contributed by atoms with E-state index in [4.69, 9.17) is 8.85 Å².